The van der Waals surface area contributed by atoms with Crippen LogP contribution in [0.4, 0.5) is 5.69 Å². The molecule has 1 N–H and O–H groups in total. The topological polar surface area (TPSA) is 24.9 Å². The van der Waals surface area contributed by atoms with Gasteiger partial charge in [0.2, 0.25) is 0 Å². The molecule has 3 aromatic rings. The van der Waals surface area contributed by atoms with Crippen molar-refractivity contribution in [2.75, 3.05) is 5.32 Å². The molecule has 0 unspecified atom stereocenters. The Morgan fingerprint density at radius 2 is 1.75 bits per heavy atom. The van der Waals surface area contributed by atoms with E-state index in [1.54, 1.807) is 0 Å². The SMILES string of the molecule is Brc1ccccc1NCc1ccc(Br)c2cccnc12. The van der Waals surface area contributed by atoms with E-state index in [9.17, 15) is 0 Å². The molecule has 1 aromatic heterocycles. The fourth-order valence-electron chi connectivity index (χ4n) is 2.13. The number of halogens is 2. The average molecular weight is 392 g/mol. The molecule has 0 saturated carbocycles. The minimum atomic E-state index is 0.739. The summed E-state index contributed by atoms with van der Waals surface area (Å²) in [7, 11) is 0. The van der Waals surface area contributed by atoms with Crippen molar-refractivity contribution in [2.24, 2.45) is 0 Å². The molecule has 0 amide bonds. The van der Waals surface area contributed by atoms with Crippen molar-refractivity contribution in [3.05, 3.63) is 69.2 Å². The van der Waals surface area contributed by atoms with Gasteiger partial charge in [-0.25, -0.2) is 0 Å². The van der Waals surface area contributed by atoms with E-state index < -0.39 is 0 Å². The molecule has 0 radical (unpaired) electrons. The molecular weight excluding hydrogens is 380 g/mol. The number of anilines is 1. The number of hydrogen-bond acceptors (Lipinski definition) is 2. The zero-order valence-corrected chi connectivity index (χ0v) is 13.8. The van der Waals surface area contributed by atoms with Crippen LogP contribution >= 0.6 is 31.9 Å². The quantitative estimate of drug-likeness (QED) is 0.648. The van der Waals surface area contributed by atoms with Gasteiger partial charge in [-0.05, 0) is 45.8 Å². The van der Waals surface area contributed by atoms with Gasteiger partial charge in [0.15, 0.2) is 0 Å². The smallest absolute Gasteiger partial charge is 0.0763 e. The molecule has 0 aliphatic heterocycles. The molecule has 2 aromatic carbocycles. The first-order valence-electron chi connectivity index (χ1n) is 6.26. The molecule has 0 spiro atoms. The molecule has 20 heavy (non-hydrogen) atoms. The average Bonchev–Trinajstić information content (AvgIpc) is 2.48. The summed E-state index contributed by atoms with van der Waals surface area (Å²) in [5.41, 5.74) is 3.29. The van der Waals surface area contributed by atoms with Gasteiger partial charge in [-0.3, -0.25) is 4.98 Å². The monoisotopic (exact) mass is 390 g/mol. The van der Waals surface area contributed by atoms with Crippen LogP contribution in [0.3, 0.4) is 0 Å². The fraction of sp³-hybridized carbons (Fsp3) is 0.0625. The number of pyridine rings is 1. The Morgan fingerprint density at radius 1 is 0.900 bits per heavy atom. The molecule has 0 fully saturated rings. The predicted molar refractivity (Wildman–Crippen MR) is 90.9 cm³/mol. The highest BCUT2D eigenvalue weighted by atomic mass is 79.9. The second kappa shape index (κ2) is 5.94. The van der Waals surface area contributed by atoms with Gasteiger partial charge in [0, 0.05) is 32.8 Å². The van der Waals surface area contributed by atoms with Gasteiger partial charge in [-0.15, -0.1) is 0 Å². The van der Waals surface area contributed by atoms with Gasteiger partial charge in [0.05, 0.1) is 5.52 Å². The summed E-state index contributed by atoms with van der Waals surface area (Å²) < 4.78 is 2.14. The number of fused-ring (bicyclic) bond motifs is 1. The second-order valence-electron chi connectivity index (χ2n) is 4.44. The van der Waals surface area contributed by atoms with Crippen LogP contribution in [0.1, 0.15) is 5.56 Å². The number of nitrogens with one attached hydrogen (secondary N) is 1. The second-order valence-corrected chi connectivity index (χ2v) is 6.15. The van der Waals surface area contributed by atoms with E-state index in [0.29, 0.717) is 0 Å². The molecule has 0 aliphatic rings. The van der Waals surface area contributed by atoms with Crippen molar-refractivity contribution < 1.29 is 0 Å². The Bertz CT molecular complexity index is 756. The lowest BCUT2D eigenvalue weighted by Gasteiger charge is -2.11. The van der Waals surface area contributed by atoms with E-state index in [4.69, 9.17) is 0 Å². The molecule has 2 nitrogen and oxygen atoms in total. The predicted octanol–water partition coefficient (Wildman–Crippen LogP) is 5.37. The summed E-state index contributed by atoms with van der Waals surface area (Å²) in [5.74, 6) is 0. The Kier molecular flexibility index (Phi) is 4.03. The highest BCUT2D eigenvalue weighted by Crippen LogP contribution is 2.27. The Labute approximate surface area is 134 Å². The van der Waals surface area contributed by atoms with Crippen molar-refractivity contribution in [2.45, 2.75) is 6.54 Å². The van der Waals surface area contributed by atoms with Crippen molar-refractivity contribution >= 4 is 48.5 Å². The zero-order valence-electron chi connectivity index (χ0n) is 10.6. The van der Waals surface area contributed by atoms with Crippen LogP contribution in [0.5, 0.6) is 0 Å². The van der Waals surface area contributed by atoms with Crippen molar-refractivity contribution in [1.29, 1.82) is 0 Å². The summed E-state index contributed by atoms with van der Waals surface area (Å²) >= 11 is 7.12. The Morgan fingerprint density at radius 3 is 2.60 bits per heavy atom. The van der Waals surface area contributed by atoms with E-state index in [1.807, 2.05) is 30.5 Å². The third kappa shape index (κ3) is 2.72. The lowest BCUT2D eigenvalue weighted by atomic mass is 10.1. The van der Waals surface area contributed by atoms with Crippen LogP contribution in [0, 0.1) is 0 Å². The summed E-state index contributed by atoms with van der Waals surface area (Å²) in [6.45, 7) is 0.739. The summed E-state index contributed by atoms with van der Waals surface area (Å²) in [4.78, 5) is 4.49. The number of nitrogens with zero attached hydrogens (tertiary/aromatic N) is 1. The van der Waals surface area contributed by atoms with Gasteiger partial charge in [-0.2, -0.15) is 0 Å². The summed E-state index contributed by atoms with van der Waals surface area (Å²) in [6, 6.07) is 16.3. The highest BCUT2D eigenvalue weighted by molar-refractivity contribution is 9.11. The van der Waals surface area contributed by atoms with Crippen LogP contribution in [0.15, 0.2) is 63.7 Å². The van der Waals surface area contributed by atoms with E-state index in [-0.39, 0.29) is 0 Å². The van der Waals surface area contributed by atoms with Crippen molar-refractivity contribution in [3.8, 4) is 0 Å². The third-order valence-electron chi connectivity index (χ3n) is 3.14. The molecule has 3 rings (SSSR count). The summed E-state index contributed by atoms with van der Waals surface area (Å²) in [5, 5.41) is 4.58. The van der Waals surface area contributed by atoms with E-state index in [2.05, 4.69) is 66.4 Å². The number of aromatic nitrogens is 1. The van der Waals surface area contributed by atoms with Gasteiger partial charge in [-0.1, -0.05) is 40.2 Å². The van der Waals surface area contributed by atoms with Crippen molar-refractivity contribution in [1.82, 2.24) is 4.98 Å². The maximum absolute atomic E-state index is 4.49. The molecule has 1 heterocycles. The normalized spacial score (nSPS) is 10.7. The first kappa shape index (κ1) is 13.6. The Balaban J connectivity index is 1.92. The molecule has 0 saturated heterocycles. The summed E-state index contributed by atoms with van der Waals surface area (Å²) in [6.07, 6.45) is 1.83. The van der Waals surface area contributed by atoms with Gasteiger partial charge in [0.1, 0.15) is 0 Å². The van der Waals surface area contributed by atoms with Crippen LogP contribution < -0.4 is 5.32 Å². The molecule has 4 heteroatoms. The van der Waals surface area contributed by atoms with Gasteiger partial charge >= 0.3 is 0 Å². The highest BCUT2D eigenvalue weighted by Gasteiger charge is 2.06. The Hall–Kier alpha value is -1.39. The standard InChI is InChI=1S/C16H12Br2N2/c17-13-8-7-11(16-12(13)4-3-9-19-16)10-20-15-6-2-1-5-14(15)18/h1-9,20H,10H2. The number of para-hydroxylation sites is 1. The van der Waals surface area contributed by atoms with E-state index in [1.165, 1.54) is 5.56 Å². The minimum Gasteiger partial charge on any atom is -0.380 e. The molecule has 0 bridgehead atoms. The van der Waals surface area contributed by atoms with E-state index >= 15 is 0 Å². The van der Waals surface area contributed by atoms with Crippen LogP contribution in [-0.4, -0.2) is 4.98 Å². The zero-order chi connectivity index (χ0) is 13.9. The van der Waals surface area contributed by atoms with Crippen LogP contribution in [-0.2, 0) is 6.54 Å². The lowest BCUT2D eigenvalue weighted by molar-refractivity contribution is 1.15. The maximum Gasteiger partial charge on any atom is 0.0763 e. The van der Waals surface area contributed by atoms with Gasteiger partial charge < -0.3 is 5.32 Å². The third-order valence-corrected chi connectivity index (χ3v) is 4.53. The molecular formula is C16H12Br2N2. The van der Waals surface area contributed by atoms with Crippen molar-refractivity contribution in [3.63, 3.8) is 0 Å². The minimum absolute atomic E-state index is 0.739. The number of hydrogen-bond donors (Lipinski definition) is 1. The lowest BCUT2D eigenvalue weighted by Crippen LogP contribution is -2.01. The first-order chi connectivity index (χ1) is 9.75. The maximum atomic E-state index is 4.49. The fourth-order valence-corrected chi connectivity index (χ4v) is 3.01. The molecule has 0 atom stereocenters. The number of benzene rings is 2. The number of rotatable bonds is 3. The van der Waals surface area contributed by atoms with Crippen LogP contribution in [0.2, 0.25) is 0 Å². The molecule has 100 valence electrons. The van der Waals surface area contributed by atoms with Gasteiger partial charge in [0.25, 0.3) is 0 Å². The van der Waals surface area contributed by atoms with Crippen LogP contribution in [0.25, 0.3) is 10.9 Å². The largest absolute Gasteiger partial charge is 0.380 e. The van der Waals surface area contributed by atoms with E-state index in [0.717, 1.165) is 32.1 Å². The first-order valence-corrected chi connectivity index (χ1v) is 7.85. The molecule has 0 aliphatic carbocycles.